The highest BCUT2D eigenvalue weighted by Crippen LogP contribution is 2.32. The Bertz CT molecular complexity index is 372. The third kappa shape index (κ3) is 5.17. The molecule has 3 heteroatoms. The maximum atomic E-state index is 10.00. The van der Waals surface area contributed by atoms with Crippen molar-refractivity contribution in [3.63, 3.8) is 0 Å². The average Bonchev–Trinajstić information content (AvgIpc) is 2.34. The van der Waals surface area contributed by atoms with E-state index in [0.717, 1.165) is 11.3 Å². The maximum absolute atomic E-state index is 10.00. The van der Waals surface area contributed by atoms with E-state index in [-0.39, 0.29) is 16.9 Å². The Balaban J connectivity index is 3.01. The Hall–Kier alpha value is -0.510. The average molecular weight is 281 g/mol. The quantitative estimate of drug-likeness (QED) is 0.838. The molecule has 1 rings (SSSR count). The summed E-state index contributed by atoms with van der Waals surface area (Å²) < 4.78 is 0.188. The number of benzene rings is 1. The molecule has 19 heavy (non-hydrogen) atoms. The summed E-state index contributed by atoms with van der Waals surface area (Å²) >= 11 is 1.88. The topological polar surface area (TPSA) is 32.3 Å². The second kappa shape index (κ2) is 6.78. The predicted molar refractivity (Wildman–Crippen MR) is 85.7 cm³/mol. The molecule has 0 aromatic heterocycles. The van der Waals surface area contributed by atoms with Gasteiger partial charge in [-0.25, -0.2) is 0 Å². The van der Waals surface area contributed by atoms with Crippen LogP contribution in [-0.4, -0.2) is 28.3 Å². The van der Waals surface area contributed by atoms with E-state index in [1.807, 2.05) is 30.0 Å². The van der Waals surface area contributed by atoms with E-state index in [0.29, 0.717) is 6.04 Å². The molecule has 0 aliphatic rings. The van der Waals surface area contributed by atoms with Crippen LogP contribution < -0.4 is 5.32 Å². The van der Waals surface area contributed by atoms with Crippen LogP contribution in [0.25, 0.3) is 0 Å². The van der Waals surface area contributed by atoms with Crippen LogP contribution in [0.2, 0.25) is 0 Å². The number of nitrogens with one attached hydrogen (secondary N) is 1. The first-order valence-corrected chi connectivity index (χ1v) is 7.86. The molecule has 0 spiro atoms. The zero-order chi connectivity index (χ0) is 14.5. The molecule has 1 atom stereocenters. The number of hydrogen-bond acceptors (Lipinski definition) is 3. The van der Waals surface area contributed by atoms with Crippen molar-refractivity contribution in [1.82, 2.24) is 5.32 Å². The molecule has 0 saturated heterocycles. The van der Waals surface area contributed by atoms with E-state index in [1.165, 1.54) is 0 Å². The lowest BCUT2D eigenvalue weighted by molar-refractivity contribution is 0.169. The van der Waals surface area contributed by atoms with Gasteiger partial charge >= 0.3 is 0 Å². The number of aliphatic hydroxyl groups is 1. The van der Waals surface area contributed by atoms with Gasteiger partial charge in [0.05, 0.1) is 12.1 Å². The van der Waals surface area contributed by atoms with E-state index in [2.05, 4.69) is 52.1 Å². The van der Waals surface area contributed by atoms with Gasteiger partial charge in [-0.3, -0.25) is 0 Å². The fourth-order valence-electron chi connectivity index (χ4n) is 2.04. The normalized spacial score (nSPS) is 15.5. The Labute approximate surface area is 122 Å². The van der Waals surface area contributed by atoms with Crippen molar-refractivity contribution >= 4 is 11.8 Å². The number of thioether (sulfide) groups is 1. The second-order valence-electron chi connectivity index (χ2n) is 6.31. The number of aliphatic hydroxyl groups excluding tert-OH is 1. The molecule has 0 fully saturated rings. The maximum Gasteiger partial charge on any atom is 0.0762 e. The summed E-state index contributed by atoms with van der Waals surface area (Å²) in [6.45, 7) is 11.0. The summed E-state index contributed by atoms with van der Waals surface area (Å²) in [6, 6.07) is 10.6. The predicted octanol–water partition coefficient (Wildman–Crippen LogP) is 3.40. The Kier molecular flexibility index (Phi) is 5.90. The fourth-order valence-corrected chi connectivity index (χ4v) is 3.06. The minimum atomic E-state index is -0.368. The van der Waals surface area contributed by atoms with E-state index < -0.39 is 0 Å². The van der Waals surface area contributed by atoms with Crippen molar-refractivity contribution in [2.24, 2.45) is 0 Å². The van der Waals surface area contributed by atoms with Gasteiger partial charge in [-0.2, -0.15) is 11.8 Å². The van der Waals surface area contributed by atoms with Gasteiger partial charge in [0, 0.05) is 16.5 Å². The molecule has 0 amide bonds. The van der Waals surface area contributed by atoms with Crippen molar-refractivity contribution in [3.05, 3.63) is 35.9 Å². The smallest absolute Gasteiger partial charge is 0.0762 e. The highest BCUT2D eigenvalue weighted by Gasteiger charge is 2.33. The first kappa shape index (κ1) is 16.5. The summed E-state index contributed by atoms with van der Waals surface area (Å²) in [5, 5.41) is 13.6. The highest BCUT2D eigenvalue weighted by atomic mass is 32.2. The van der Waals surface area contributed by atoms with E-state index in [9.17, 15) is 5.11 Å². The summed E-state index contributed by atoms with van der Waals surface area (Å²) in [7, 11) is 0. The van der Waals surface area contributed by atoms with Gasteiger partial charge in [-0.15, -0.1) is 0 Å². The lowest BCUT2D eigenvalue weighted by Crippen LogP contribution is -2.51. The fraction of sp³-hybridized carbons (Fsp3) is 0.625. The van der Waals surface area contributed by atoms with Gasteiger partial charge < -0.3 is 10.4 Å². The van der Waals surface area contributed by atoms with Crippen LogP contribution >= 0.6 is 11.8 Å². The molecule has 2 nitrogen and oxygen atoms in total. The van der Waals surface area contributed by atoms with Gasteiger partial charge in [0.2, 0.25) is 0 Å². The van der Waals surface area contributed by atoms with Crippen molar-refractivity contribution in [2.45, 2.75) is 50.9 Å². The minimum absolute atomic E-state index is 0.109. The van der Waals surface area contributed by atoms with Crippen molar-refractivity contribution in [2.75, 3.05) is 12.4 Å². The summed E-state index contributed by atoms with van der Waals surface area (Å²) in [6.07, 6.45) is 0. The monoisotopic (exact) mass is 281 g/mol. The second-order valence-corrected chi connectivity index (χ2v) is 8.11. The van der Waals surface area contributed by atoms with Crippen LogP contribution in [0.4, 0.5) is 0 Å². The van der Waals surface area contributed by atoms with Crippen molar-refractivity contribution in [3.8, 4) is 0 Å². The summed E-state index contributed by atoms with van der Waals surface area (Å²) in [4.78, 5) is 0. The molecular formula is C16H27NOS. The lowest BCUT2D eigenvalue weighted by Gasteiger charge is -2.37. The summed E-state index contributed by atoms with van der Waals surface area (Å²) in [5.74, 6) is 0.856. The number of hydrogen-bond donors (Lipinski definition) is 2. The first-order valence-electron chi connectivity index (χ1n) is 6.87. The highest BCUT2D eigenvalue weighted by molar-refractivity contribution is 8.00. The molecule has 0 saturated carbocycles. The van der Waals surface area contributed by atoms with Crippen LogP contribution in [-0.2, 0) is 5.54 Å². The Morgan fingerprint density at radius 1 is 1.16 bits per heavy atom. The van der Waals surface area contributed by atoms with E-state index >= 15 is 0 Å². The van der Waals surface area contributed by atoms with E-state index in [4.69, 9.17) is 0 Å². The molecule has 0 aliphatic heterocycles. The van der Waals surface area contributed by atoms with Crippen LogP contribution in [0, 0.1) is 0 Å². The van der Waals surface area contributed by atoms with E-state index in [1.54, 1.807) is 0 Å². The summed E-state index contributed by atoms with van der Waals surface area (Å²) in [5.41, 5.74) is 0.788. The van der Waals surface area contributed by atoms with Gasteiger partial charge in [-0.1, -0.05) is 51.1 Å². The molecule has 1 aromatic carbocycles. The standard InChI is InChI=1S/C16H27NOS/c1-13(2)17-16(11-18,12-19-15(3,4)5)14-9-7-6-8-10-14/h6-10,13,17-18H,11-12H2,1-5H3. The first-order chi connectivity index (χ1) is 8.79. The molecule has 0 radical (unpaired) electrons. The Morgan fingerprint density at radius 2 is 1.74 bits per heavy atom. The lowest BCUT2D eigenvalue weighted by atomic mass is 9.92. The van der Waals surface area contributed by atoms with Crippen LogP contribution in [0.5, 0.6) is 0 Å². The minimum Gasteiger partial charge on any atom is -0.394 e. The van der Waals surface area contributed by atoms with Crippen LogP contribution in [0.1, 0.15) is 40.2 Å². The van der Waals surface area contributed by atoms with Gasteiger partial charge in [-0.05, 0) is 19.4 Å². The van der Waals surface area contributed by atoms with Crippen molar-refractivity contribution < 1.29 is 5.11 Å². The molecule has 0 heterocycles. The Morgan fingerprint density at radius 3 is 2.16 bits per heavy atom. The third-order valence-corrected chi connectivity index (χ3v) is 4.42. The molecular weight excluding hydrogens is 254 g/mol. The molecule has 108 valence electrons. The SMILES string of the molecule is CC(C)NC(CO)(CSC(C)(C)C)c1ccccc1. The molecule has 0 bridgehead atoms. The van der Waals surface area contributed by atoms with Crippen molar-refractivity contribution in [1.29, 1.82) is 0 Å². The van der Waals surface area contributed by atoms with Gasteiger partial charge in [0.15, 0.2) is 0 Å². The molecule has 0 aliphatic carbocycles. The zero-order valence-corrected chi connectivity index (χ0v) is 13.6. The molecule has 1 aromatic rings. The largest absolute Gasteiger partial charge is 0.394 e. The molecule has 1 unspecified atom stereocenters. The van der Waals surface area contributed by atoms with Crippen LogP contribution in [0.3, 0.4) is 0 Å². The third-order valence-electron chi connectivity index (χ3n) is 2.91. The van der Waals surface area contributed by atoms with Crippen LogP contribution in [0.15, 0.2) is 30.3 Å². The van der Waals surface area contributed by atoms with Gasteiger partial charge in [0.1, 0.15) is 0 Å². The van der Waals surface area contributed by atoms with Gasteiger partial charge in [0.25, 0.3) is 0 Å². The number of rotatable bonds is 6. The zero-order valence-electron chi connectivity index (χ0n) is 12.7. The molecule has 2 N–H and O–H groups in total.